The predicted octanol–water partition coefficient (Wildman–Crippen LogP) is 3.01. The van der Waals surface area contributed by atoms with Gasteiger partial charge in [0.05, 0.1) is 4.47 Å². The molecule has 17 heavy (non-hydrogen) atoms. The lowest BCUT2D eigenvalue weighted by Crippen LogP contribution is -2.18. The summed E-state index contributed by atoms with van der Waals surface area (Å²) in [6.45, 7) is 0.663. The Morgan fingerprint density at radius 2 is 2.00 bits per heavy atom. The van der Waals surface area contributed by atoms with Gasteiger partial charge in [0, 0.05) is 19.8 Å². The molecule has 0 N–H and O–H groups in total. The molecular weight excluding hydrogens is 285 g/mol. The molecule has 2 rings (SSSR count). The van der Waals surface area contributed by atoms with Crippen molar-refractivity contribution in [3.8, 4) is 0 Å². The largest absolute Gasteiger partial charge is 0.354 e. The minimum Gasteiger partial charge on any atom is -0.354 e. The normalized spacial score (nSPS) is 10.3. The average molecular weight is 296 g/mol. The lowest BCUT2D eigenvalue weighted by atomic mass is 10.2. The first-order valence-electron chi connectivity index (χ1n) is 5.08. The molecule has 0 aliphatic heterocycles. The fraction of sp³-hybridized carbons (Fsp3) is 0.167. The Hall–Kier alpha value is -1.49. The highest BCUT2D eigenvalue weighted by atomic mass is 79.9. The first kappa shape index (κ1) is 12.0. The van der Waals surface area contributed by atoms with Crippen molar-refractivity contribution in [2.45, 2.75) is 6.54 Å². The van der Waals surface area contributed by atoms with Crippen LogP contribution in [0.4, 0.5) is 10.2 Å². The molecule has 5 heteroatoms. The van der Waals surface area contributed by atoms with Gasteiger partial charge < -0.3 is 4.90 Å². The Morgan fingerprint density at radius 1 is 1.29 bits per heavy atom. The third-order valence-electron chi connectivity index (χ3n) is 2.34. The maximum Gasteiger partial charge on any atom is 0.146 e. The molecule has 0 saturated carbocycles. The Morgan fingerprint density at radius 3 is 2.65 bits per heavy atom. The second kappa shape index (κ2) is 5.23. The zero-order valence-electron chi connectivity index (χ0n) is 9.27. The van der Waals surface area contributed by atoms with E-state index in [-0.39, 0.29) is 5.82 Å². The Bertz CT molecular complexity index is 501. The first-order valence-corrected chi connectivity index (χ1v) is 5.87. The molecule has 0 aliphatic carbocycles. The lowest BCUT2D eigenvalue weighted by molar-refractivity contribution is 0.627. The lowest BCUT2D eigenvalue weighted by Gasteiger charge is -2.18. The molecule has 0 unspecified atom stereocenters. The molecule has 2 aromatic rings. The number of anilines is 1. The summed E-state index contributed by atoms with van der Waals surface area (Å²) in [4.78, 5) is 10.1. The van der Waals surface area contributed by atoms with Crippen LogP contribution in [0.5, 0.6) is 0 Å². The molecular formula is C12H11BrFN3. The Labute approximate surface area is 107 Å². The van der Waals surface area contributed by atoms with Crippen LogP contribution in [0.2, 0.25) is 0 Å². The predicted molar refractivity (Wildman–Crippen MR) is 68.2 cm³/mol. The number of rotatable bonds is 3. The fourth-order valence-corrected chi connectivity index (χ4v) is 2.05. The molecule has 1 aromatic heterocycles. The number of aromatic nitrogens is 2. The molecule has 0 fully saturated rings. The monoisotopic (exact) mass is 295 g/mol. The van der Waals surface area contributed by atoms with Crippen molar-refractivity contribution in [3.05, 3.63) is 52.6 Å². The van der Waals surface area contributed by atoms with Crippen LogP contribution in [0.15, 0.2) is 41.3 Å². The minimum atomic E-state index is -0.223. The average Bonchev–Trinajstić information content (AvgIpc) is 2.32. The molecule has 0 atom stereocenters. The molecule has 3 nitrogen and oxygen atoms in total. The molecule has 0 bridgehead atoms. The standard InChI is InChI=1S/C12H11BrFN3/c1-17(12-11(13)6-15-8-16-12)7-9-2-4-10(14)5-3-9/h2-6,8H,7H2,1H3. The second-order valence-electron chi connectivity index (χ2n) is 3.68. The summed E-state index contributed by atoms with van der Waals surface area (Å²) in [5.41, 5.74) is 1.03. The third-order valence-corrected chi connectivity index (χ3v) is 2.90. The number of hydrogen-bond donors (Lipinski definition) is 0. The first-order chi connectivity index (χ1) is 8.16. The number of benzene rings is 1. The van der Waals surface area contributed by atoms with Crippen molar-refractivity contribution < 1.29 is 4.39 Å². The Kier molecular flexibility index (Phi) is 3.68. The van der Waals surface area contributed by atoms with E-state index >= 15 is 0 Å². The van der Waals surface area contributed by atoms with E-state index in [1.165, 1.54) is 18.5 Å². The second-order valence-corrected chi connectivity index (χ2v) is 4.53. The number of hydrogen-bond acceptors (Lipinski definition) is 3. The maximum absolute atomic E-state index is 12.8. The van der Waals surface area contributed by atoms with Gasteiger partial charge >= 0.3 is 0 Å². The highest BCUT2D eigenvalue weighted by Gasteiger charge is 2.07. The SMILES string of the molecule is CN(Cc1ccc(F)cc1)c1ncncc1Br. The topological polar surface area (TPSA) is 29.0 Å². The van der Waals surface area contributed by atoms with E-state index in [1.807, 2.05) is 11.9 Å². The van der Waals surface area contributed by atoms with Gasteiger partial charge in [0.1, 0.15) is 18.0 Å². The van der Waals surface area contributed by atoms with Crippen LogP contribution in [-0.4, -0.2) is 17.0 Å². The van der Waals surface area contributed by atoms with Crippen LogP contribution in [0.1, 0.15) is 5.56 Å². The van der Waals surface area contributed by atoms with Crippen molar-refractivity contribution in [2.24, 2.45) is 0 Å². The van der Waals surface area contributed by atoms with Gasteiger partial charge in [-0.25, -0.2) is 14.4 Å². The molecule has 0 amide bonds. The highest BCUT2D eigenvalue weighted by Crippen LogP contribution is 2.22. The van der Waals surface area contributed by atoms with Gasteiger partial charge in [-0.05, 0) is 33.6 Å². The maximum atomic E-state index is 12.8. The van der Waals surface area contributed by atoms with Crippen molar-refractivity contribution >= 4 is 21.7 Å². The summed E-state index contributed by atoms with van der Waals surface area (Å²) in [6, 6.07) is 6.44. The van der Waals surface area contributed by atoms with Gasteiger partial charge in [-0.2, -0.15) is 0 Å². The smallest absolute Gasteiger partial charge is 0.146 e. The molecule has 0 aliphatic rings. The van der Waals surface area contributed by atoms with Gasteiger partial charge in [-0.3, -0.25) is 0 Å². The van der Waals surface area contributed by atoms with E-state index in [1.54, 1.807) is 18.3 Å². The summed E-state index contributed by atoms with van der Waals surface area (Å²) in [6.07, 6.45) is 3.20. The van der Waals surface area contributed by atoms with E-state index in [0.717, 1.165) is 15.9 Å². The summed E-state index contributed by atoms with van der Waals surface area (Å²) in [5.74, 6) is 0.587. The van der Waals surface area contributed by atoms with Crippen LogP contribution < -0.4 is 4.90 Å². The van der Waals surface area contributed by atoms with Gasteiger partial charge in [0.15, 0.2) is 0 Å². The van der Waals surface area contributed by atoms with Gasteiger partial charge in [0.25, 0.3) is 0 Å². The van der Waals surface area contributed by atoms with E-state index in [9.17, 15) is 4.39 Å². The minimum absolute atomic E-state index is 0.223. The third kappa shape index (κ3) is 3.00. The van der Waals surface area contributed by atoms with Crippen LogP contribution in [0, 0.1) is 5.82 Å². The van der Waals surface area contributed by atoms with Crippen molar-refractivity contribution in [1.29, 1.82) is 0 Å². The van der Waals surface area contributed by atoms with Crippen molar-refractivity contribution in [2.75, 3.05) is 11.9 Å². The molecule has 1 aromatic carbocycles. The summed E-state index contributed by atoms with van der Waals surface area (Å²) in [7, 11) is 1.93. The molecule has 1 heterocycles. The summed E-state index contributed by atoms with van der Waals surface area (Å²) < 4.78 is 13.6. The molecule has 0 radical (unpaired) electrons. The van der Waals surface area contributed by atoms with Crippen molar-refractivity contribution in [3.63, 3.8) is 0 Å². The molecule has 88 valence electrons. The number of nitrogens with zero attached hydrogens (tertiary/aromatic N) is 3. The van der Waals surface area contributed by atoms with E-state index in [0.29, 0.717) is 6.54 Å². The highest BCUT2D eigenvalue weighted by molar-refractivity contribution is 9.10. The quantitative estimate of drug-likeness (QED) is 0.872. The van der Waals surface area contributed by atoms with E-state index in [2.05, 4.69) is 25.9 Å². The summed E-state index contributed by atoms with van der Waals surface area (Å²) in [5, 5.41) is 0. The van der Waals surface area contributed by atoms with Crippen molar-refractivity contribution in [1.82, 2.24) is 9.97 Å². The zero-order valence-corrected chi connectivity index (χ0v) is 10.9. The van der Waals surface area contributed by atoms with Gasteiger partial charge in [0.2, 0.25) is 0 Å². The Balaban J connectivity index is 2.14. The summed E-state index contributed by atoms with van der Waals surface area (Å²) >= 11 is 3.40. The fourth-order valence-electron chi connectivity index (χ4n) is 1.53. The van der Waals surface area contributed by atoms with E-state index < -0.39 is 0 Å². The molecule has 0 saturated heterocycles. The van der Waals surface area contributed by atoms with Crippen LogP contribution >= 0.6 is 15.9 Å². The number of halogens is 2. The van der Waals surface area contributed by atoms with Gasteiger partial charge in [-0.1, -0.05) is 12.1 Å². The van der Waals surface area contributed by atoms with Crippen LogP contribution in [0.3, 0.4) is 0 Å². The molecule has 0 spiro atoms. The van der Waals surface area contributed by atoms with Crippen LogP contribution in [0.25, 0.3) is 0 Å². The zero-order chi connectivity index (χ0) is 12.3. The van der Waals surface area contributed by atoms with Crippen LogP contribution in [-0.2, 0) is 6.54 Å². The van der Waals surface area contributed by atoms with Gasteiger partial charge in [-0.15, -0.1) is 0 Å². The van der Waals surface area contributed by atoms with E-state index in [4.69, 9.17) is 0 Å².